The Morgan fingerprint density at radius 1 is 1.44 bits per heavy atom. The normalized spacial score (nSPS) is 13.7. The summed E-state index contributed by atoms with van der Waals surface area (Å²) in [6.45, 7) is 0. The summed E-state index contributed by atoms with van der Waals surface area (Å²) < 4.78 is 4.80. The molecular formula is C11H13NO6. The van der Waals surface area contributed by atoms with Gasteiger partial charge in [0.05, 0.1) is 7.11 Å². The zero-order valence-electron chi connectivity index (χ0n) is 9.53. The van der Waals surface area contributed by atoms with Gasteiger partial charge < -0.3 is 25.8 Å². The molecule has 98 valence electrons. The topological polar surface area (TPSA) is 130 Å². The summed E-state index contributed by atoms with van der Waals surface area (Å²) in [4.78, 5) is 21.5. The van der Waals surface area contributed by atoms with Gasteiger partial charge in [0, 0.05) is 11.1 Å². The number of benzene rings is 1. The van der Waals surface area contributed by atoms with E-state index in [-0.39, 0.29) is 16.9 Å². The Hall–Kier alpha value is -2.12. The van der Waals surface area contributed by atoms with Crippen molar-refractivity contribution >= 4 is 12.2 Å². The Morgan fingerprint density at radius 2 is 2.06 bits per heavy atom. The average Bonchev–Trinajstić information content (AvgIpc) is 2.37. The van der Waals surface area contributed by atoms with Crippen LogP contribution in [0.1, 0.15) is 22.0 Å². The van der Waals surface area contributed by atoms with E-state index in [4.69, 9.17) is 10.5 Å². The highest BCUT2D eigenvalue weighted by Crippen LogP contribution is 2.35. The number of hydrogen-bond acceptors (Lipinski definition) is 6. The second kappa shape index (κ2) is 5.48. The Labute approximate surface area is 102 Å². The summed E-state index contributed by atoms with van der Waals surface area (Å²) in [5.41, 5.74) is 4.72. The molecule has 0 saturated carbocycles. The molecular weight excluding hydrogens is 242 g/mol. The molecule has 0 aliphatic rings. The van der Waals surface area contributed by atoms with E-state index in [1.165, 1.54) is 13.2 Å². The lowest BCUT2D eigenvalue weighted by atomic mass is 10.00. The van der Waals surface area contributed by atoms with Crippen LogP contribution >= 0.6 is 0 Å². The van der Waals surface area contributed by atoms with Gasteiger partial charge in [-0.2, -0.15) is 0 Å². The van der Waals surface area contributed by atoms with Crippen molar-refractivity contribution < 1.29 is 29.6 Å². The molecule has 0 aliphatic heterocycles. The van der Waals surface area contributed by atoms with E-state index in [0.29, 0.717) is 6.29 Å². The number of hydrogen-bond donors (Lipinski definition) is 4. The van der Waals surface area contributed by atoms with E-state index in [1.54, 1.807) is 0 Å². The first-order valence-corrected chi connectivity index (χ1v) is 4.93. The van der Waals surface area contributed by atoms with Gasteiger partial charge in [-0.05, 0) is 12.1 Å². The SMILES string of the molecule is COc1cc(C=O)cc(C(O)C(O)C(N)=O)c1O. The zero-order valence-corrected chi connectivity index (χ0v) is 9.53. The Kier molecular flexibility index (Phi) is 4.24. The van der Waals surface area contributed by atoms with Crippen LogP contribution in [0.3, 0.4) is 0 Å². The minimum absolute atomic E-state index is 0.0645. The number of carbonyl (C=O) groups is 2. The lowest BCUT2D eigenvalue weighted by Crippen LogP contribution is -2.33. The molecule has 0 bridgehead atoms. The van der Waals surface area contributed by atoms with Crippen LogP contribution in [-0.4, -0.2) is 40.7 Å². The van der Waals surface area contributed by atoms with Gasteiger partial charge in [-0.1, -0.05) is 0 Å². The Morgan fingerprint density at radius 3 is 2.50 bits per heavy atom. The number of phenols is 1. The van der Waals surface area contributed by atoms with Crippen molar-refractivity contribution in [2.45, 2.75) is 12.2 Å². The second-order valence-electron chi connectivity index (χ2n) is 3.57. The van der Waals surface area contributed by atoms with Gasteiger partial charge >= 0.3 is 0 Å². The number of aldehydes is 1. The van der Waals surface area contributed by atoms with Gasteiger partial charge in [-0.25, -0.2) is 0 Å². The average molecular weight is 255 g/mol. The van der Waals surface area contributed by atoms with Gasteiger partial charge in [0.1, 0.15) is 12.4 Å². The lowest BCUT2D eigenvalue weighted by molar-refractivity contribution is -0.132. The molecule has 1 aromatic carbocycles. The van der Waals surface area contributed by atoms with Gasteiger partial charge in [0.2, 0.25) is 5.91 Å². The Bertz CT molecular complexity index is 473. The van der Waals surface area contributed by atoms with Crippen molar-refractivity contribution in [2.24, 2.45) is 5.73 Å². The summed E-state index contributed by atoms with van der Waals surface area (Å²) in [5, 5.41) is 28.8. The van der Waals surface area contributed by atoms with Gasteiger partial charge in [-0.15, -0.1) is 0 Å². The molecule has 0 radical (unpaired) electrons. The van der Waals surface area contributed by atoms with Crippen molar-refractivity contribution in [3.8, 4) is 11.5 Å². The van der Waals surface area contributed by atoms with Crippen LogP contribution < -0.4 is 10.5 Å². The van der Waals surface area contributed by atoms with Crippen molar-refractivity contribution in [3.63, 3.8) is 0 Å². The van der Waals surface area contributed by atoms with Gasteiger partial charge in [0.15, 0.2) is 17.6 Å². The molecule has 1 aromatic rings. The smallest absolute Gasteiger partial charge is 0.249 e. The first kappa shape index (κ1) is 13.9. The monoisotopic (exact) mass is 255 g/mol. The summed E-state index contributed by atoms with van der Waals surface area (Å²) in [7, 11) is 1.25. The van der Waals surface area contributed by atoms with E-state index in [9.17, 15) is 24.9 Å². The van der Waals surface area contributed by atoms with Crippen LogP contribution in [0.15, 0.2) is 12.1 Å². The lowest BCUT2D eigenvalue weighted by Gasteiger charge is -2.18. The van der Waals surface area contributed by atoms with E-state index in [2.05, 4.69) is 0 Å². The minimum Gasteiger partial charge on any atom is -0.504 e. The molecule has 1 amide bonds. The molecule has 0 aliphatic carbocycles. The molecule has 0 spiro atoms. The number of aliphatic hydroxyl groups is 2. The second-order valence-corrected chi connectivity index (χ2v) is 3.57. The molecule has 0 saturated heterocycles. The minimum atomic E-state index is -1.90. The van der Waals surface area contributed by atoms with Gasteiger partial charge in [0.25, 0.3) is 0 Å². The molecule has 0 heterocycles. The van der Waals surface area contributed by atoms with Crippen molar-refractivity contribution in [1.82, 2.24) is 0 Å². The van der Waals surface area contributed by atoms with Crippen molar-refractivity contribution in [2.75, 3.05) is 7.11 Å². The predicted octanol–water partition coefficient (Wildman–Crippen LogP) is -0.907. The summed E-state index contributed by atoms with van der Waals surface area (Å²) in [6.07, 6.45) is -3.19. The van der Waals surface area contributed by atoms with E-state index in [0.717, 1.165) is 6.07 Å². The number of primary amides is 1. The fraction of sp³-hybridized carbons (Fsp3) is 0.273. The third kappa shape index (κ3) is 2.58. The molecule has 0 aromatic heterocycles. The fourth-order valence-electron chi connectivity index (χ4n) is 1.43. The van der Waals surface area contributed by atoms with Crippen LogP contribution in [0.5, 0.6) is 11.5 Å². The quantitative estimate of drug-likeness (QED) is 0.504. The van der Waals surface area contributed by atoms with E-state index >= 15 is 0 Å². The number of carbonyl (C=O) groups excluding carboxylic acids is 2. The number of rotatable bonds is 5. The van der Waals surface area contributed by atoms with E-state index < -0.39 is 23.9 Å². The van der Waals surface area contributed by atoms with Crippen LogP contribution in [0.4, 0.5) is 0 Å². The predicted molar refractivity (Wildman–Crippen MR) is 60.2 cm³/mol. The third-order valence-electron chi connectivity index (χ3n) is 2.39. The molecule has 18 heavy (non-hydrogen) atoms. The number of methoxy groups -OCH3 is 1. The molecule has 1 rings (SSSR count). The highest BCUT2D eigenvalue weighted by Gasteiger charge is 2.27. The molecule has 7 nitrogen and oxygen atoms in total. The number of nitrogens with two attached hydrogens (primary N) is 1. The number of aromatic hydroxyl groups is 1. The van der Waals surface area contributed by atoms with Crippen LogP contribution in [-0.2, 0) is 4.79 Å². The Balaban J connectivity index is 3.30. The van der Waals surface area contributed by atoms with Gasteiger partial charge in [-0.3, -0.25) is 9.59 Å². The maximum atomic E-state index is 10.8. The third-order valence-corrected chi connectivity index (χ3v) is 2.39. The summed E-state index contributed by atoms with van der Waals surface area (Å²) in [6, 6.07) is 2.37. The summed E-state index contributed by atoms with van der Waals surface area (Å²) >= 11 is 0. The van der Waals surface area contributed by atoms with Crippen LogP contribution in [0, 0.1) is 0 Å². The first-order chi connectivity index (χ1) is 8.42. The largest absolute Gasteiger partial charge is 0.504 e. The molecule has 7 heteroatoms. The van der Waals surface area contributed by atoms with Crippen molar-refractivity contribution in [1.29, 1.82) is 0 Å². The number of aliphatic hydroxyl groups excluding tert-OH is 2. The maximum Gasteiger partial charge on any atom is 0.249 e. The highest BCUT2D eigenvalue weighted by atomic mass is 16.5. The molecule has 0 fully saturated rings. The highest BCUT2D eigenvalue weighted by molar-refractivity contribution is 5.81. The maximum absolute atomic E-state index is 10.8. The number of amides is 1. The number of phenolic OH excluding ortho intramolecular Hbond substituents is 1. The molecule has 2 unspecified atom stereocenters. The fourth-order valence-corrected chi connectivity index (χ4v) is 1.43. The van der Waals surface area contributed by atoms with Crippen LogP contribution in [0.2, 0.25) is 0 Å². The standard InChI is InChI=1S/C11H13NO6/c1-18-7-3-5(4-13)2-6(8(7)14)9(15)10(16)11(12)17/h2-4,9-10,14-16H,1H3,(H2,12,17). The summed E-state index contributed by atoms with van der Waals surface area (Å²) in [5.74, 6) is -1.70. The first-order valence-electron chi connectivity index (χ1n) is 4.93. The molecule has 5 N–H and O–H groups in total. The number of ether oxygens (including phenoxy) is 1. The molecule has 2 atom stereocenters. The zero-order chi connectivity index (χ0) is 13.9. The van der Waals surface area contributed by atoms with Crippen LogP contribution in [0.25, 0.3) is 0 Å². The van der Waals surface area contributed by atoms with E-state index in [1.807, 2.05) is 0 Å². The van der Waals surface area contributed by atoms with Crippen molar-refractivity contribution in [3.05, 3.63) is 23.3 Å².